The lowest BCUT2D eigenvalue weighted by Gasteiger charge is -2.26. The van der Waals surface area contributed by atoms with Crippen molar-refractivity contribution in [3.8, 4) is 5.75 Å². The van der Waals surface area contributed by atoms with Crippen LogP contribution in [0.5, 0.6) is 5.75 Å². The van der Waals surface area contributed by atoms with Gasteiger partial charge in [-0.2, -0.15) is 0 Å². The molecule has 0 spiro atoms. The average Bonchev–Trinajstić information content (AvgIpc) is 3.21. The summed E-state index contributed by atoms with van der Waals surface area (Å²) in [6.07, 6.45) is 2.41. The van der Waals surface area contributed by atoms with Gasteiger partial charge in [0.2, 0.25) is 11.8 Å². The van der Waals surface area contributed by atoms with Crippen LogP contribution in [0.3, 0.4) is 0 Å². The summed E-state index contributed by atoms with van der Waals surface area (Å²) in [5, 5.41) is 6.92. The molecule has 2 aromatic rings. The molecule has 2 aliphatic heterocycles. The number of nitrogens with zero attached hydrogens (tertiary/aromatic N) is 2. The van der Waals surface area contributed by atoms with E-state index < -0.39 is 0 Å². The van der Waals surface area contributed by atoms with Crippen molar-refractivity contribution < 1.29 is 14.3 Å². The highest BCUT2D eigenvalue weighted by Crippen LogP contribution is 2.30. The number of H-pyrrole nitrogens is 1. The zero-order valence-electron chi connectivity index (χ0n) is 16.9. The molecule has 9 heteroatoms. The molecule has 30 heavy (non-hydrogen) atoms. The highest BCUT2D eigenvalue weighted by molar-refractivity contribution is 6.30. The number of likely N-dealkylation sites (tertiary alicyclic amines) is 1. The van der Waals surface area contributed by atoms with Crippen LogP contribution >= 0.6 is 11.6 Å². The SMILES string of the molecule is Cc1cc(Cl)cc(Cn2[nH]c(CN3C(=O)CCC3=O)cc2=O)c1OC1CCNCC1. The highest BCUT2D eigenvalue weighted by Gasteiger charge is 2.29. The van der Waals surface area contributed by atoms with E-state index in [-0.39, 0.29) is 49.4 Å². The normalized spacial score (nSPS) is 17.7. The van der Waals surface area contributed by atoms with Crippen molar-refractivity contribution in [2.45, 2.75) is 51.8 Å². The maximum Gasteiger partial charge on any atom is 0.267 e. The lowest BCUT2D eigenvalue weighted by atomic mass is 10.1. The number of halogens is 1. The molecule has 2 amide bonds. The Kier molecular flexibility index (Phi) is 5.97. The fourth-order valence-electron chi connectivity index (χ4n) is 3.99. The Labute approximate surface area is 179 Å². The molecule has 8 nitrogen and oxygen atoms in total. The zero-order valence-corrected chi connectivity index (χ0v) is 17.6. The first-order valence-electron chi connectivity index (χ1n) is 10.2. The number of benzene rings is 1. The summed E-state index contributed by atoms with van der Waals surface area (Å²) in [5.41, 5.74) is 2.00. The Morgan fingerprint density at radius 2 is 1.77 bits per heavy atom. The van der Waals surface area contributed by atoms with Gasteiger partial charge >= 0.3 is 0 Å². The molecule has 1 aromatic carbocycles. The fourth-order valence-corrected chi connectivity index (χ4v) is 4.29. The third-order valence-corrected chi connectivity index (χ3v) is 5.76. The van der Waals surface area contributed by atoms with Gasteiger partial charge in [-0.05, 0) is 50.6 Å². The van der Waals surface area contributed by atoms with Crippen LogP contribution in [-0.4, -0.2) is 45.7 Å². The smallest absolute Gasteiger partial charge is 0.267 e. The van der Waals surface area contributed by atoms with E-state index in [1.54, 1.807) is 0 Å². The van der Waals surface area contributed by atoms with Crippen molar-refractivity contribution in [2.24, 2.45) is 0 Å². The molecule has 0 unspecified atom stereocenters. The molecule has 160 valence electrons. The van der Waals surface area contributed by atoms with E-state index in [2.05, 4.69) is 10.4 Å². The minimum atomic E-state index is -0.241. The van der Waals surface area contributed by atoms with Crippen molar-refractivity contribution in [1.29, 1.82) is 0 Å². The number of imide groups is 1. The van der Waals surface area contributed by atoms with Gasteiger partial charge in [0.15, 0.2) is 0 Å². The number of piperidine rings is 1. The lowest BCUT2D eigenvalue weighted by Crippen LogP contribution is -2.34. The Bertz CT molecular complexity index is 1010. The number of aromatic amines is 1. The number of nitrogens with one attached hydrogen (secondary N) is 2. The molecule has 0 atom stereocenters. The fraction of sp³-hybridized carbons (Fsp3) is 0.476. The summed E-state index contributed by atoms with van der Waals surface area (Å²) in [4.78, 5) is 37.4. The molecule has 0 radical (unpaired) electrons. The molecule has 0 bridgehead atoms. The number of rotatable bonds is 6. The van der Waals surface area contributed by atoms with Crippen LogP contribution < -0.4 is 15.6 Å². The third-order valence-electron chi connectivity index (χ3n) is 5.54. The van der Waals surface area contributed by atoms with Gasteiger partial charge in [-0.3, -0.25) is 24.4 Å². The molecule has 0 aliphatic carbocycles. The molecule has 2 saturated heterocycles. The maximum absolute atomic E-state index is 12.5. The number of carbonyl (C=O) groups is 2. The number of aryl methyl sites for hydroxylation is 1. The molecular weight excluding hydrogens is 408 g/mol. The van der Waals surface area contributed by atoms with Crippen molar-refractivity contribution >= 4 is 23.4 Å². The van der Waals surface area contributed by atoms with Gasteiger partial charge in [0.05, 0.1) is 18.8 Å². The summed E-state index contributed by atoms with van der Waals surface area (Å²) < 4.78 is 7.75. The molecule has 2 N–H and O–H groups in total. The van der Waals surface area contributed by atoms with Crippen LogP contribution in [0, 0.1) is 6.92 Å². The predicted molar refractivity (Wildman–Crippen MR) is 112 cm³/mol. The average molecular weight is 433 g/mol. The summed E-state index contributed by atoms with van der Waals surface area (Å²) in [6, 6.07) is 5.09. The predicted octanol–water partition coefficient (Wildman–Crippen LogP) is 1.97. The lowest BCUT2D eigenvalue weighted by molar-refractivity contribution is -0.139. The van der Waals surface area contributed by atoms with Crippen LogP contribution in [-0.2, 0) is 22.7 Å². The molecule has 2 fully saturated rings. The maximum atomic E-state index is 12.5. The number of amides is 2. The van der Waals surface area contributed by atoms with Gasteiger partial charge in [0, 0.05) is 29.5 Å². The summed E-state index contributed by atoms with van der Waals surface area (Å²) >= 11 is 6.28. The Morgan fingerprint density at radius 1 is 1.07 bits per heavy atom. The summed E-state index contributed by atoms with van der Waals surface area (Å²) in [7, 11) is 0. The first kappa shape index (κ1) is 20.7. The molecule has 3 heterocycles. The highest BCUT2D eigenvalue weighted by atomic mass is 35.5. The minimum Gasteiger partial charge on any atom is -0.490 e. The molecule has 0 saturated carbocycles. The Morgan fingerprint density at radius 3 is 2.47 bits per heavy atom. The van der Waals surface area contributed by atoms with E-state index in [9.17, 15) is 14.4 Å². The van der Waals surface area contributed by atoms with Gasteiger partial charge < -0.3 is 10.1 Å². The zero-order chi connectivity index (χ0) is 21.3. The number of ether oxygens (including phenoxy) is 1. The van der Waals surface area contributed by atoms with Gasteiger partial charge in [0.25, 0.3) is 5.56 Å². The minimum absolute atomic E-state index is 0.0763. The monoisotopic (exact) mass is 432 g/mol. The quantitative estimate of drug-likeness (QED) is 0.680. The van der Waals surface area contributed by atoms with Crippen molar-refractivity contribution in [2.75, 3.05) is 13.1 Å². The number of hydrogen-bond acceptors (Lipinski definition) is 5. The Balaban J connectivity index is 1.56. The first-order valence-corrected chi connectivity index (χ1v) is 10.6. The first-order chi connectivity index (χ1) is 14.4. The second-order valence-corrected chi connectivity index (χ2v) is 8.29. The van der Waals surface area contributed by atoms with Crippen LogP contribution in [0.1, 0.15) is 42.5 Å². The number of carbonyl (C=O) groups excluding carboxylic acids is 2. The largest absolute Gasteiger partial charge is 0.490 e. The molecule has 4 rings (SSSR count). The van der Waals surface area contributed by atoms with E-state index in [1.165, 1.54) is 15.6 Å². The second-order valence-electron chi connectivity index (χ2n) is 7.86. The van der Waals surface area contributed by atoms with Crippen molar-refractivity contribution in [3.63, 3.8) is 0 Å². The topological polar surface area (TPSA) is 96.4 Å². The van der Waals surface area contributed by atoms with Gasteiger partial charge in [0.1, 0.15) is 11.9 Å². The number of aromatic nitrogens is 2. The molecular formula is C21H25ClN4O4. The van der Waals surface area contributed by atoms with Crippen molar-refractivity contribution in [1.82, 2.24) is 20.0 Å². The molecule has 1 aromatic heterocycles. The van der Waals surface area contributed by atoms with Crippen LogP contribution in [0.2, 0.25) is 5.02 Å². The van der Waals surface area contributed by atoms with Gasteiger partial charge in [-0.25, -0.2) is 4.68 Å². The number of hydrogen-bond donors (Lipinski definition) is 2. The van der Waals surface area contributed by atoms with E-state index in [0.717, 1.165) is 42.8 Å². The second kappa shape index (κ2) is 8.65. The van der Waals surface area contributed by atoms with Gasteiger partial charge in [-0.1, -0.05) is 11.6 Å². The van der Waals surface area contributed by atoms with E-state index in [4.69, 9.17) is 16.3 Å². The standard InChI is InChI=1S/C21H25ClN4O4/c1-13-8-15(22)9-14(21(13)30-17-4-6-23-7-5-17)11-26-20(29)10-16(24-26)12-25-18(27)2-3-19(25)28/h8-10,17,23-24H,2-7,11-12H2,1H3. The van der Waals surface area contributed by atoms with Crippen LogP contribution in [0.4, 0.5) is 0 Å². The van der Waals surface area contributed by atoms with Crippen molar-refractivity contribution in [3.05, 3.63) is 50.4 Å². The Hall–Kier alpha value is -2.58. The van der Waals surface area contributed by atoms with Gasteiger partial charge in [-0.15, -0.1) is 0 Å². The van der Waals surface area contributed by atoms with Crippen LogP contribution in [0.15, 0.2) is 23.0 Å². The van der Waals surface area contributed by atoms with Crippen LogP contribution in [0.25, 0.3) is 0 Å². The van der Waals surface area contributed by atoms with E-state index in [1.807, 2.05) is 19.1 Å². The van der Waals surface area contributed by atoms with E-state index >= 15 is 0 Å². The third kappa shape index (κ3) is 4.44. The van der Waals surface area contributed by atoms with E-state index in [0.29, 0.717) is 10.7 Å². The molecule has 2 aliphatic rings. The summed E-state index contributed by atoms with van der Waals surface area (Å²) in [6.45, 7) is 4.11. The summed E-state index contributed by atoms with van der Waals surface area (Å²) in [5.74, 6) is 0.327.